The van der Waals surface area contributed by atoms with Crippen LogP contribution in [0.3, 0.4) is 0 Å². The van der Waals surface area contributed by atoms with Crippen molar-refractivity contribution >= 4 is 8.69 Å². The minimum Gasteiger partial charge on any atom is -0.240 e. The zero-order chi connectivity index (χ0) is 4.99. The van der Waals surface area contributed by atoms with Crippen LogP contribution in [0.5, 0.6) is 0 Å². The van der Waals surface area contributed by atoms with Gasteiger partial charge in [-0.05, 0) is 0 Å². The molecule has 0 aliphatic carbocycles. The quantitative estimate of drug-likeness (QED) is 0.507. The summed E-state index contributed by atoms with van der Waals surface area (Å²) >= 11 is 0. The Bertz CT molecular complexity index is 46.8. The summed E-state index contributed by atoms with van der Waals surface area (Å²) in [6.07, 6.45) is 0. The maximum atomic E-state index is 10.6. The average molecular weight is 114 g/mol. The summed E-state index contributed by atoms with van der Waals surface area (Å²) in [6, 6.07) is 0. The highest BCUT2D eigenvalue weighted by Gasteiger charge is 1.97. The molecule has 2 nitrogen and oxygen atoms in total. The lowest BCUT2D eigenvalue weighted by molar-refractivity contribution is -0.0404. The fraction of sp³-hybridized carbons (Fsp3) is 1.00. The van der Waals surface area contributed by atoms with Gasteiger partial charge in [0, 0.05) is 0 Å². The third-order valence-electron chi connectivity index (χ3n) is 0.123. The molecule has 0 aliphatic heterocycles. The molecule has 0 radical (unpaired) electrons. The number of rotatable bonds is 2. The fourth-order valence-electron chi connectivity index (χ4n) is 0.0325. The van der Waals surface area contributed by atoms with Gasteiger partial charge >= 0.3 is 15.3 Å². The molecule has 0 bridgehead atoms. The topological polar surface area (TPSA) is 26.3 Å². The molecule has 0 amide bonds. The molecule has 0 atom stereocenters. The number of halogens is 2. The van der Waals surface area contributed by atoms with E-state index in [4.69, 9.17) is 4.57 Å². The molecular formula is CHF2O2P. The van der Waals surface area contributed by atoms with Crippen LogP contribution in [0.4, 0.5) is 8.78 Å². The summed E-state index contributed by atoms with van der Waals surface area (Å²) in [7, 11) is -0.976. The molecule has 0 aliphatic rings. The lowest BCUT2D eigenvalue weighted by Gasteiger charge is -1.82. The van der Waals surface area contributed by atoms with Crippen molar-refractivity contribution in [2.75, 3.05) is 0 Å². The first-order valence-corrected chi connectivity index (χ1v) is 1.77. The normalized spacial score (nSPS) is 10.5. The maximum absolute atomic E-state index is 10.6. The molecule has 5 heteroatoms. The number of alkyl halides is 2. The molecular weight excluding hydrogens is 113 g/mol. The summed E-state index contributed by atoms with van der Waals surface area (Å²) in [5.74, 6) is 0. The van der Waals surface area contributed by atoms with E-state index in [1.54, 1.807) is 0 Å². The van der Waals surface area contributed by atoms with Gasteiger partial charge in [-0.15, -0.1) is 0 Å². The van der Waals surface area contributed by atoms with Crippen molar-refractivity contribution in [2.45, 2.75) is 6.61 Å². The molecule has 6 heavy (non-hydrogen) atoms. The van der Waals surface area contributed by atoms with Crippen molar-refractivity contribution in [3.05, 3.63) is 0 Å². The van der Waals surface area contributed by atoms with Crippen molar-refractivity contribution in [3.63, 3.8) is 0 Å². The molecule has 0 N–H and O–H groups in total. The fourth-order valence-corrected chi connectivity index (χ4v) is 0.0976. The van der Waals surface area contributed by atoms with Crippen LogP contribution < -0.4 is 0 Å². The van der Waals surface area contributed by atoms with Gasteiger partial charge in [0.05, 0.1) is 0 Å². The van der Waals surface area contributed by atoms with Crippen LogP contribution in [0.25, 0.3) is 0 Å². The Hall–Kier alpha value is -0.0800. The smallest absolute Gasteiger partial charge is 0.240 e. The van der Waals surface area contributed by atoms with Gasteiger partial charge < -0.3 is 0 Å². The zero-order valence-corrected chi connectivity index (χ0v) is 3.49. The minimum atomic E-state index is -2.93. The second-order valence-electron chi connectivity index (χ2n) is 0.441. The summed E-state index contributed by atoms with van der Waals surface area (Å²) in [4.78, 5) is 0. The van der Waals surface area contributed by atoms with Crippen LogP contribution in [-0.4, -0.2) is 6.61 Å². The van der Waals surface area contributed by atoms with E-state index in [0.29, 0.717) is 0 Å². The standard InChI is InChI=1S/CHF2O2P/c2-1(3)5-6-4/h1H. The predicted octanol–water partition coefficient (Wildman–Crippen LogP) is 1.43. The van der Waals surface area contributed by atoms with Gasteiger partial charge in [0.1, 0.15) is 0 Å². The molecule has 36 valence electrons. The average Bonchev–Trinajstić information content (AvgIpc) is 1.35. The van der Waals surface area contributed by atoms with Crippen LogP contribution in [0.15, 0.2) is 0 Å². The summed E-state index contributed by atoms with van der Waals surface area (Å²) in [5.41, 5.74) is 0. The summed E-state index contributed by atoms with van der Waals surface area (Å²) in [5, 5.41) is 0. The SMILES string of the molecule is O=POC(F)F. The van der Waals surface area contributed by atoms with E-state index >= 15 is 0 Å². The highest BCUT2D eigenvalue weighted by Crippen LogP contribution is 2.03. The molecule has 0 spiro atoms. The van der Waals surface area contributed by atoms with Crippen LogP contribution in [0.2, 0.25) is 0 Å². The number of hydrogen-bond acceptors (Lipinski definition) is 2. The van der Waals surface area contributed by atoms with Gasteiger partial charge in [-0.3, -0.25) is 0 Å². The first-order valence-electron chi connectivity index (χ1n) is 1.04. The van der Waals surface area contributed by atoms with E-state index < -0.39 is 15.3 Å². The molecule has 0 aromatic heterocycles. The maximum Gasteiger partial charge on any atom is 0.355 e. The van der Waals surface area contributed by atoms with Crippen molar-refractivity contribution < 1.29 is 17.9 Å². The van der Waals surface area contributed by atoms with E-state index in [2.05, 4.69) is 4.52 Å². The van der Waals surface area contributed by atoms with E-state index in [1.165, 1.54) is 0 Å². The highest BCUT2D eigenvalue weighted by atomic mass is 31.1. The van der Waals surface area contributed by atoms with Crippen LogP contribution >= 0.6 is 8.69 Å². The molecule has 0 unspecified atom stereocenters. The van der Waals surface area contributed by atoms with Crippen LogP contribution in [0.1, 0.15) is 0 Å². The summed E-state index contributed by atoms with van der Waals surface area (Å²) < 4.78 is 33.3. The molecule has 0 aromatic rings. The third kappa shape index (κ3) is 3.92. The van der Waals surface area contributed by atoms with E-state index in [1.807, 2.05) is 0 Å². The Balaban J connectivity index is 2.81. The van der Waals surface area contributed by atoms with Crippen molar-refractivity contribution in [3.8, 4) is 0 Å². The van der Waals surface area contributed by atoms with Gasteiger partial charge in [-0.25, -0.2) is 9.09 Å². The second kappa shape index (κ2) is 3.12. The van der Waals surface area contributed by atoms with E-state index in [9.17, 15) is 8.78 Å². The van der Waals surface area contributed by atoms with Gasteiger partial charge in [-0.1, -0.05) is 0 Å². The third-order valence-corrected chi connectivity index (χ3v) is 0.368. The molecule has 0 fully saturated rings. The first kappa shape index (κ1) is 5.92. The van der Waals surface area contributed by atoms with E-state index in [0.717, 1.165) is 0 Å². The first-order chi connectivity index (χ1) is 2.77. The molecule has 0 rings (SSSR count). The Morgan fingerprint density at radius 3 is 2.17 bits per heavy atom. The molecule has 0 heterocycles. The van der Waals surface area contributed by atoms with E-state index in [-0.39, 0.29) is 0 Å². The zero-order valence-electron chi connectivity index (χ0n) is 2.60. The predicted molar refractivity (Wildman–Crippen MR) is 14.7 cm³/mol. The second-order valence-corrected chi connectivity index (χ2v) is 0.800. The lowest BCUT2D eigenvalue weighted by Crippen LogP contribution is -1.83. The van der Waals surface area contributed by atoms with Crippen LogP contribution in [0, 0.1) is 0 Å². The Kier molecular flexibility index (Phi) is 3.08. The van der Waals surface area contributed by atoms with Gasteiger partial charge in [0.25, 0.3) is 0 Å². The van der Waals surface area contributed by atoms with Crippen molar-refractivity contribution in [1.29, 1.82) is 0 Å². The lowest BCUT2D eigenvalue weighted by atomic mass is 11.5. The van der Waals surface area contributed by atoms with Gasteiger partial charge in [0.2, 0.25) is 0 Å². The molecule has 0 aromatic carbocycles. The molecule has 0 saturated carbocycles. The monoisotopic (exact) mass is 114 g/mol. The Morgan fingerprint density at radius 2 is 2.17 bits per heavy atom. The summed E-state index contributed by atoms with van der Waals surface area (Å²) in [6.45, 7) is -2.93. The van der Waals surface area contributed by atoms with Gasteiger partial charge in [-0.2, -0.15) is 8.78 Å². The molecule has 0 saturated heterocycles. The number of hydrogen-bond donors (Lipinski definition) is 0. The van der Waals surface area contributed by atoms with Crippen molar-refractivity contribution in [1.82, 2.24) is 0 Å². The van der Waals surface area contributed by atoms with Crippen LogP contribution in [-0.2, 0) is 9.09 Å². The van der Waals surface area contributed by atoms with Crippen molar-refractivity contribution in [2.24, 2.45) is 0 Å². The van der Waals surface area contributed by atoms with Gasteiger partial charge in [0.15, 0.2) is 0 Å². The minimum absolute atomic E-state index is 0.976. The Labute approximate surface area is 34.4 Å². The highest BCUT2D eigenvalue weighted by molar-refractivity contribution is 7.17. The Morgan fingerprint density at radius 1 is 1.67 bits per heavy atom. The largest absolute Gasteiger partial charge is 0.355 e.